The summed E-state index contributed by atoms with van der Waals surface area (Å²) in [5.41, 5.74) is 5.72. The van der Waals surface area contributed by atoms with Crippen LogP contribution in [0.3, 0.4) is 0 Å². The van der Waals surface area contributed by atoms with E-state index in [-0.39, 0.29) is 0 Å². The van der Waals surface area contributed by atoms with Crippen molar-refractivity contribution in [1.82, 2.24) is 4.98 Å². The summed E-state index contributed by atoms with van der Waals surface area (Å²) in [6.45, 7) is 6.24. The van der Waals surface area contributed by atoms with Crippen LogP contribution >= 0.6 is 11.3 Å². The summed E-state index contributed by atoms with van der Waals surface area (Å²) in [6, 6.07) is 4.28. The largest absolute Gasteiger partial charge is 0.295 e. The number of aromatic nitrogens is 1. The molecule has 0 aliphatic rings. The highest BCUT2D eigenvalue weighted by atomic mass is 32.1. The van der Waals surface area contributed by atoms with Gasteiger partial charge in [0.15, 0.2) is 11.3 Å². The molecule has 3 heteroatoms. The fraction of sp³-hybridized carbons (Fsp3) is 0.231. The lowest BCUT2D eigenvalue weighted by Gasteiger charge is -2.08. The second-order valence-electron chi connectivity index (χ2n) is 3.96. The second-order valence-corrected chi connectivity index (χ2v) is 4.85. The predicted octanol–water partition coefficient (Wildman–Crippen LogP) is 3.55. The van der Waals surface area contributed by atoms with E-state index in [2.05, 4.69) is 37.9 Å². The van der Waals surface area contributed by atoms with Gasteiger partial charge in [0.05, 0.1) is 5.69 Å². The first-order valence-electron chi connectivity index (χ1n) is 5.10. The van der Waals surface area contributed by atoms with Gasteiger partial charge in [-0.05, 0) is 31.9 Å². The lowest BCUT2D eigenvalue weighted by molar-refractivity contribution is 0.112. The molecule has 0 N–H and O–H groups in total. The van der Waals surface area contributed by atoms with Gasteiger partial charge in [0.25, 0.3) is 0 Å². The Labute approximate surface area is 99.0 Å². The highest BCUT2D eigenvalue weighted by Crippen LogP contribution is 2.28. The smallest absolute Gasteiger partial charge is 0.178 e. The number of benzene rings is 1. The maximum atomic E-state index is 10.6. The van der Waals surface area contributed by atoms with E-state index in [9.17, 15) is 4.79 Å². The molecule has 1 aromatic heterocycles. The molecule has 0 fully saturated rings. The highest BCUT2D eigenvalue weighted by Gasteiger charge is 2.10. The average Bonchev–Trinajstić information content (AvgIpc) is 2.64. The third kappa shape index (κ3) is 1.91. The molecular formula is C13H13NOS. The number of hydrogen-bond acceptors (Lipinski definition) is 3. The SMILES string of the molecule is Cc1cc(C)c(-c2csc(C=O)n2)c(C)c1. The maximum absolute atomic E-state index is 10.6. The van der Waals surface area contributed by atoms with Gasteiger partial charge in [-0.1, -0.05) is 17.7 Å². The van der Waals surface area contributed by atoms with E-state index in [0.717, 1.165) is 17.5 Å². The number of aryl methyl sites for hydroxylation is 3. The minimum atomic E-state index is 0.536. The van der Waals surface area contributed by atoms with Crippen LogP contribution in [0.25, 0.3) is 11.3 Å². The molecule has 2 aromatic rings. The molecule has 1 aromatic carbocycles. The molecule has 0 bridgehead atoms. The summed E-state index contributed by atoms with van der Waals surface area (Å²) in [4.78, 5) is 14.9. The van der Waals surface area contributed by atoms with Crippen molar-refractivity contribution in [1.29, 1.82) is 0 Å². The van der Waals surface area contributed by atoms with Crippen LogP contribution in [0, 0.1) is 20.8 Å². The first-order chi connectivity index (χ1) is 7.61. The van der Waals surface area contributed by atoms with E-state index in [0.29, 0.717) is 5.01 Å². The Bertz CT molecular complexity index is 520. The van der Waals surface area contributed by atoms with Crippen LogP contribution < -0.4 is 0 Å². The van der Waals surface area contributed by atoms with Gasteiger partial charge in [-0.15, -0.1) is 11.3 Å². The summed E-state index contributed by atoms with van der Waals surface area (Å²) < 4.78 is 0. The van der Waals surface area contributed by atoms with E-state index in [1.54, 1.807) is 0 Å². The van der Waals surface area contributed by atoms with Crippen LogP contribution in [0.2, 0.25) is 0 Å². The van der Waals surface area contributed by atoms with Crippen LogP contribution in [0.4, 0.5) is 0 Å². The van der Waals surface area contributed by atoms with Crippen LogP contribution in [0.1, 0.15) is 26.5 Å². The molecule has 0 saturated heterocycles. The monoisotopic (exact) mass is 231 g/mol. The summed E-state index contributed by atoms with van der Waals surface area (Å²) in [6.07, 6.45) is 0.799. The Kier molecular flexibility index (Phi) is 2.88. The van der Waals surface area contributed by atoms with Gasteiger partial charge in [0.2, 0.25) is 0 Å². The maximum Gasteiger partial charge on any atom is 0.178 e. The van der Waals surface area contributed by atoms with Gasteiger partial charge in [-0.3, -0.25) is 4.79 Å². The Balaban J connectivity index is 2.59. The third-order valence-corrected chi connectivity index (χ3v) is 3.33. The fourth-order valence-corrected chi connectivity index (χ4v) is 2.65. The summed E-state index contributed by atoms with van der Waals surface area (Å²) in [5.74, 6) is 0. The number of nitrogens with zero attached hydrogens (tertiary/aromatic N) is 1. The van der Waals surface area contributed by atoms with Gasteiger partial charge >= 0.3 is 0 Å². The van der Waals surface area contributed by atoms with E-state index in [1.807, 2.05) is 5.38 Å². The minimum Gasteiger partial charge on any atom is -0.295 e. The Morgan fingerprint density at radius 1 is 1.19 bits per heavy atom. The predicted molar refractivity (Wildman–Crippen MR) is 67.1 cm³/mol. The topological polar surface area (TPSA) is 30.0 Å². The Morgan fingerprint density at radius 3 is 2.31 bits per heavy atom. The van der Waals surface area contributed by atoms with Crippen LogP contribution in [0.5, 0.6) is 0 Å². The van der Waals surface area contributed by atoms with Gasteiger partial charge in [-0.2, -0.15) is 0 Å². The van der Waals surface area contributed by atoms with Gasteiger partial charge in [0.1, 0.15) is 0 Å². The van der Waals surface area contributed by atoms with E-state index in [1.165, 1.54) is 28.0 Å². The lowest BCUT2D eigenvalue weighted by Crippen LogP contribution is -1.90. The zero-order chi connectivity index (χ0) is 11.7. The first kappa shape index (κ1) is 11.0. The van der Waals surface area contributed by atoms with Crippen LogP contribution in [-0.2, 0) is 0 Å². The normalized spacial score (nSPS) is 10.4. The highest BCUT2D eigenvalue weighted by molar-refractivity contribution is 7.11. The Hall–Kier alpha value is -1.48. The van der Waals surface area contributed by atoms with Crippen molar-refractivity contribution < 1.29 is 4.79 Å². The molecule has 82 valence electrons. The molecule has 0 aliphatic carbocycles. The summed E-state index contributed by atoms with van der Waals surface area (Å²) in [5, 5.41) is 2.48. The first-order valence-corrected chi connectivity index (χ1v) is 5.98. The molecule has 16 heavy (non-hydrogen) atoms. The molecule has 0 radical (unpaired) electrons. The van der Waals surface area contributed by atoms with Crippen molar-refractivity contribution in [3.8, 4) is 11.3 Å². The molecule has 0 unspecified atom stereocenters. The number of carbonyl (C=O) groups excluding carboxylic acids is 1. The number of thiazole rings is 1. The minimum absolute atomic E-state index is 0.536. The van der Waals surface area contributed by atoms with Crippen molar-refractivity contribution in [3.05, 3.63) is 39.2 Å². The number of carbonyl (C=O) groups is 1. The van der Waals surface area contributed by atoms with Crippen molar-refractivity contribution in [2.24, 2.45) is 0 Å². The zero-order valence-corrected chi connectivity index (χ0v) is 10.4. The quantitative estimate of drug-likeness (QED) is 0.740. The van der Waals surface area contributed by atoms with Gasteiger partial charge < -0.3 is 0 Å². The molecule has 0 amide bonds. The van der Waals surface area contributed by atoms with Gasteiger partial charge in [-0.25, -0.2) is 4.98 Å². The molecule has 0 saturated carbocycles. The molecule has 2 nitrogen and oxygen atoms in total. The van der Waals surface area contributed by atoms with E-state index >= 15 is 0 Å². The average molecular weight is 231 g/mol. The molecule has 0 spiro atoms. The van der Waals surface area contributed by atoms with Crippen molar-refractivity contribution in [2.45, 2.75) is 20.8 Å². The second kappa shape index (κ2) is 4.18. The van der Waals surface area contributed by atoms with Crippen molar-refractivity contribution >= 4 is 17.6 Å². The molecule has 2 rings (SSSR count). The standard InChI is InChI=1S/C13H13NOS/c1-8-4-9(2)13(10(3)5-8)11-7-16-12(6-15)14-11/h4-7H,1-3H3. The number of hydrogen-bond donors (Lipinski definition) is 0. The third-order valence-electron chi connectivity index (χ3n) is 2.56. The zero-order valence-electron chi connectivity index (χ0n) is 9.57. The van der Waals surface area contributed by atoms with E-state index < -0.39 is 0 Å². The summed E-state index contributed by atoms with van der Waals surface area (Å²) >= 11 is 1.39. The molecule has 0 atom stereocenters. The van der Waals surface area contributed by atoms with Crippen LogP contribution in [-0.4, -0.2) is 11.3 Å². The van der Waals surface area contributed by atoms with Crippen molar-refractivity contribution in [3.63, 3.8) is 0 Å². The summed E-state index contributed by atoms with van der Waals surface area (Å²) in [7, 11) is 0. The number of rotatable bonds is 2. The van der Waals surface area contributed by atoms with Gasteiger partial charge in [0, 0.05) is 10.9 Å². The number of aldehydes is 1. The fourth-order valence-electron chi connectivity index (χ4n) is 2.04. The lowest BCUT2D eigenvalue weighted by atomic mass is 9.98. The van der Waals surface area contributed by atoms with Crippen molar-refractivity contribution in [2.75, 3.05) is 0 Å². The van der Waals surface area contributed by atoms with E-state index in [4.69, 9.17) is 0 Å². The van der Waals surface area contributed by atoms with Crippen LogP contribution in [0.15, 0.2) is 17.5 Å². The molecular weight excluding hydrogens is 218 g/mol. The molecule has 1 heterocycles. The Morgan fingerprint density at radius 2 is 1.81 bits per heavy atom. The molecule has 0 aliphatic heterocycles.